The second-order valence-electron chi connectivity index (χ2n) is 5.57. The minimum Gasteiger partial charge on any atom is -0.383 e. The van der Waals surface area contributed by atoms with E-state index in [4.69, 9.17) is 16.3 Å². The summed E-state index contributed by atoms with van der Waals surface area (Å²) in [5, 5.41) is 8.82. The number of aromatic nitrogens is 2. The van der Waals surface area contributed by atoms with Crippen LogP contribution in [0.3, 0.4) is 0 Å². The van der Waals surface area contributed by atoms with E-state index in [9.17, 15) is 0 Å². The quantitative estimate of drug-likeness (QED) is 0.820. The molecule has 0 radical (unpaired) electrons. The molecule has 1 aliphatic carbocycles. The summed E-state index contributed by atoms with van der Waals surface area (Å²) in [5.41, 5.74) is 1.20. The topological polar surface area (TPSA) is 39.1 Å². The third kappa shape index (κ3) is 3.96. The fraction of sp³-hybridized carbons (Fsp3) is 0.800. The monoisotopic (exact) mass is 299 g/mol. The molecular weight excluding hydrogens is 274 g/mol. The molecule has 20 heavy (non-hydrogen) atoms. The minimum absolute atomic E-state index is 0.508. The summed E-state index contributed by atoms with van der Waals surface area (Å²) >= 11 is 6.39. The Morgan fingerprint density at radius 3 is 3.00 bits per heavy atom. The number of halogens is 1. The van der Waals surface area contributed by atoms with Gasteiger partial charge in [0.1, 0.15) is 0 Å². The lowest BCUT2D eigenvalue weighted by Crippen LogP contribution is -2.30. The number of nitrogens with zero attached hydrogens (tertiary/aromatic N) is 2. The Morgan fingerprint density at radius 1 is 1.45 bits per heavy atom. The van der Waals surface area contributed by atoms with Crippen LogP contribution in [0.1, 0.15) is 50.6 Å². The molecule has 1 fully saturated rings. The Kier molecular flexibility index (Phi) is 6.33. The zero-order valence-electron chi connectivity index (χ0n) is 12.6. The number of ether oxygens (including phenoxy) is 1. The van der Waals surface area contributed by atoms with Crippen molar-refractivity contribution in [1.29, 1.82) is 0 Å². The van der Waals surface area contributed by atoms with E-state index in [0.717, 1.165) is 24.5 Å². The number of hydrogen-bond acceptors (Lipinski definition) is 3. The highest BCUT2D eigenvalue weighted by atomic mass is 35.5. The van der Waals surface area contributed by atoms with Crippen LogP contribution in [-0.4, -0.2) is 36.1 Å². The lowest BCUT2D eigenvalue weighted by Gasteiger charge is -2.22. The molecule has 2 atom stereocenters. The fourth-order valence-corrected chi connectivity index (χ4v) is 3.51. The van der Waals surface area contributed by atoms with Gasteiger partial charge in [-0.3, -0.25) is 4.68 Å². The van der Waals surface area contributed by atoms with Gasteiger partial charge < -0.3 is 10.1 Å². The molecule has 0 spiro atoms. The first-order chi connectivity index (χ1) is 9.76. The predicted octanol–water partition coefficient (Wildman–Crippen LogP) is 3.21. The van der Waals surface area contributed by atoms with Crippen LogP contribution in [0, 0.1) is 0 Å². The smallest absolute Gasteiger partial charge is 0.0820 e. The van der Waals surface area contributed by atoms with Crippen LogP contribution in [0.25, 0.3) is 0 Å². The zero-order chi connectivity index (χ0) is 14.4. The van der Waals surface area contributed by atoms with Crippen molar-refractivity contribution in [2.75, 3.05) is 20.3 Å². The molecule has 1 N–H and O–H groups in total. The second kappa shape index (κ2) is 8.01. The summed E-state index contributed by atoms with van der Waals surface area (Å²) in [5.74, 6) is 0.508. The van der Waals surface area contributed by atoms with Crippen molar-refractivity contribution >= 4 is 11.6 Å². The van der Waals surface area contributed by atoms with Crippen LogP contribution in [0.2, 0.25) is 5.02 Å². The summed E-state index contributed by atoms with van der Waals surface area (Å²) in [7, 11) is 1.72. The maximum absolute atomic E-state index is 6.39. The highest BCUT2D eigenvalue weighted by Gasteiger charge is 2.25. The standard InChI is InChI=1S/C15H26ClN3O/c1-3-17-13-7-5-4-6-12(10-13)15-14(16)11-18-19(15)8-9-20-2/h11-13,17H,3-10H2,1-2H3. The molecule has 0 amide bonds. The highest BCUT2D eigenvalue weighted by Crippen LogP contribution is 2.35. The van der Waals surface area contributed by atoms with Crippen molar-refractivity contribution < 1.29 is 4.74 Å². The Morgan fingerprint density at radius 2 is 2.25 bits per heavy atom. The van der Waals surface area contributed by atoms with Crippen molar-refractivity contribution in [3.05, 3.63) is 16.9 Å². The van der Waals surface area contributed by atoms with Gasteiger partial charge in [0.2, 0.25) is 0 Å². The Hall–Kier alpha value is -0.580. The normalized spacial score (nSPS) is 23.8. The van der Waals surface area contributed by atoms with Crippen LogP contribution in [0.5, 0.6) is 0 Å². The van der Waals surface area contributed by atoms with Gasteiger partial charge in [-0.2, -0.15) is 5.10 Å². The van der Waals surface area contributed by atoms with Gasteiger partial charge in [0.05, 0.1) is 30.1 Å². The van der Waals surface area contributed by atoms with Crippen molar-refractivity contribution in [2.45, 2.75) is 57.5 Å². The highest BCUT2D eigenvalue weighted by molar-refractivity contribution is 6.31. The van der Waals surface area contributed by atoms with Crippen LogP contribution >= 0.6 is 11.6 Å². The Labute approximate surface area is 126 Å². The van der Waals surface area contributed by atoms with E-state index < -0.39 is 0 Å². The molecule has 0 saturated heterocycles. The van der Waals surface area contributed by atoms with Crippen molar-refractivity contribution in [3.63, 3.8) is 0 Å². The number of rotatable bonds is 6. The average molecular weight is 300 g/mol. The van der Waals surface area contributed by atoms with E-state index in [-0.39, 0.29) is 0 Å². The molecule has 0 bridgehead atoms. The van der Waals surface area contributed by atoms with Gasteiger partial charge in [0.15, 0.2) is 0 Å². The molecule has 2 rings (SSSR count). The molecule has 4 nitrogen and oxygen atoms in total. The molecule has 0 aliphatic heterocycles. The molecule has 2 unspecified atom stereocenters. The first kappa shape index (κ1) is 15.8. The summed E-state index contributed by atoms with van der Waals surface area (Å²) in [6.45, 7) is 4.67. The first-order valence-electron chi connectivity index (χ1n) is 7.69. The molecule has 114 valence electrons. The predicted molar refractivity (Wildman–Crippen MR) is 82.4 cm³/mol. The van der Waals surface area contributed by atoms with Crippen LogP contribution in [0.15, 0.2) is 6.20 Å². The first-order valence-corrected chi connectivity index (χ1v) is 8.07. The number of nitrogens with one attached hydrogen (secondary N) is 1. The van der Waals surface area contributed by atoms with E-state index in [1.54, 1.807) is 13.3 Å². The van der Waals surface area contributed by atoms with Crippen LogP contribution in [-0.2, 0) is 11.3 Å². The van der Waals surface area contributed by atoms with Gasteiger partial charge in [-0.1, -0.05) is 31.4 Å². The number of methoxy groups -OCH3 is 1. The molecule has 1 aliphatic rings. The van der Waals surface area contributed by atoms with E-state index in [1.807, 2.05) is 4.68 Å². The van der Waals surface area contributed by atoms with Crippen molar-refractivity contribution in [2.24, 2.45) is 0 Å². The average Bonchev–Trinajstić information content (AvgIpc) is 2.66. The summed E-state index contributed by atoms with van der Waals surface area (Å²) in [4.78, 5) is 0. The minimum atomic E-state index is 0.508. The third-order valence-corrected chi connectivity index (χ3v) is 4.44. The second-order valence-corrected chi connectivity index (χ2v) is 5.97. The van der Waals surface area contributed by atoms with Gasteiger partial charge in [-0.05, 0) is 25.8 Å². The lowest BCUT2D eigenvalue weighted by atomic mass is 9.94. The molecule has 1 aromatic heterocycles. The molecule has 1 heterocycles. The lowest BCUT2D eigenvalue weighted by molar-refractivity contribution is 0.181. The van der Waals surface area contributed by atoms with E-state index in [2.05, 4.69) is 17.3 Å². The number of hydrogen-bond donors (Lipinski definition) is 1. The largest absolute Gasteiger partial charge is 0.383 e. The molecule has 1 saturated carbocycles. The van der Waals surface area contributed by atoms with Gasteiger partial charge in [-0.15, -0.1) is 0 Å². The Bertz CT molecular complexity index is 408. The summed E-state index contributed by atoms with van der Waals surface area (Å²) in [6, 6.07) is 0.606. The maximum atomic E-state index is 6.39. The summed E-state index contributed by atoms with van der Waals surface area (Å²) in [6.07, 6.45) is 8.00. The van der Waals surface area contributed by atoms with E-state index in [1.165, 1.54) is 31.4 Å². The van der Waals surface area contributed by atoms with Gasteiger partial charge in [0, 0.05) is 19.1 Å². The van der Waals surface area contributed by atoms with Crippen molar-refractivity contribution in [3.8, 4) is 0 Å². The van der Waals surface area contributed by atoms with Crippen LogP contribution < -0.4 is 5.32 Å². The van der Waals surface area contributed by atoms with Gasteiger partial charge in [0.25, 0.3) is 0 Å². The van der Waals surface area contributed by atoms with Crippen molar-refractivity contribution in [1.82, 2.24) is 15.1 Å². The van der Waals surface area contributed by atoms with Crippen LogP contribution in [0.4, 0.5) is 0 Å². The van der Waals surface area contributed by atoms with Gasteiger partial charge in [-0.25, -0.2) is 0 Å². The molecular formula is C15H26ClN3O. The molecule has 0 aromatic carbocycles. The molecule has 5 heteroatoms. The maximum Gasteiger partial charge on any atom is 0.0820 e. The fourth-order valence-electron chi connectivity index (χ4n) is 3.22. The SMILES string of the molecule is CCNC1CCCCC(c2c(Cl)cnn2CCOC)C1. The van der Waals surface area contributed by atoms with Gasteiger partial charge >= 0.3 is 0 Å². The molecule has 1 aromatic rings. The van der Waals surface area contributed by atoms with E-state index in [0.29, 0.717) is 18.6 Å². The Balaban J connectivity index is 2.13. The third-order valence-electron chi connectivity index (χ3n) is 4.14. The van der Waals surface area contributed by atoms with E-state index >= 15 is 0 Å². The summed E-state index contributed by atoms with van der Waals surface area (Å²) < 4.78 is 7.20. The zero-order valence-corrected chi connectivity index (χ0v) is 13.3.